The second kappa shape index (κ2) is 11.5. The number of rotatable bonds is 9. The van der Waals surface area contributed by atoms with Crippen LogP contribution in [0.2, 0.25) is 0 Å². The predicted molar refractivity (Wildman–Crippen MR) is 153 cm³/mol. The van der Waals surface area contributed by atoms with Crippen molar-refractivity contribution < 1.29 is 14.7 Å². The lowest BCUT2D eigenvalue weighted by Crippen LogP contribution is -2.60. The fourth-order valence-electron chi connectivity index (χ4n) is 5.50. The number of amides is 2. The van der Waals surface area contributed by atoms with Crippen molar-refractivity contribution >= 4 is 22.7 Å². The molecule has 39 heavy (non-hydrogen) atoms. The second-order valence-electron chi connectivity index (χ2n) is 11.6. The Morgan fingerprint density at radius 2 is 1.79 bits per heavy atom. The van der Waals surface area contributed by atoms with Gasteiger partial charge in [0.2, 0.25) is 11.8 Å². The highest BCUT2D eigenvalue weighted by Crippen LogP contribution is 2.38. The third-order valence-electron chi connectivity index (χ3n) is 7.84. The Labute approximate surface area is 230 Å². The van der Waals surface area contributed by atoms with Crippen molar-refractivity contribution in [1.82, 2.24) is 25.2 Å². The van der Waals surface area contributed by atoms with Gasteiger partial charge in [-0.1, -0.05) is 48.5 Å². The third kappa shape index (κ3) is 6.17. The molecule has 1 fully saturated rings. The molecule has 0 aliphatic carbocycles. The molecule has 0 saturated carbocycles. The number of fused-ring (bicyclic) bond motifs is 1. The Hall–Kier alpha value is -3.24. The molecule has 1 aromatic heterocycles. The number of H-pyrrole nitrogens is 1. The molecule has 3 atom stereocenters. The van der Waals surface area contributed by atoms with Gasteiger partial charge in [-0.25, -0.2) is 5.01 Å². The van der Waals surface area contributed by atoms with Crippen LogP contribution in [0.3, 0.4) is 0 Å². The number of benzene rings is 2. The summed E-state index contributed by atoms with van der Waals surface area (Å²) < 4.78 is 0. The molecule has 3 aromatic rings. The van der Waals surface area contributed by atoms with Crippen molar-refractivity contribution in [3.05, 3.63) is 71.9 Å². The largest absolute Gasteiger partial charge is 0.376 e. The predicted octanol–water partition coefficient (Wildman–Crippen LogP) is 2.64. The van der Waals surface area contributed by atoms with E-state index in [-0.39, 0.29) is 11.8 Å². The Bertz CT molecular complexity index is 1280. The number of carbonyl (C=O) groups is 2. The van der Waals surface area contributed by atoms with E-state index in [4.69, 9.17) is 5.73 Å². The third-order valence-corrected chi connectivity index (χ3v) is 7.84. The molecular weight excluding hydrogens is 492 g/mol. The molecule has 0 spiro atoms. The highest BCUT2D eigenvalue weighted by Gasteiger charge is 2.47. The van der Waals surface area contributed by atoms with Crippen molar-refractivity contribution in [2.75, 3.05) is 34.2 Å². The van der Waals surface area contributed by atoms with E-state index in [2.05, 4.69) is 10.3 Å². The molecule has 0 bridgehead atoms. The number of hydrogen-bond acceptors (Lipinski definition) is 6. The molecule has 9 nitrogen and oxygen atoms in total. The summed E-state index contributed by atoms with van der Waals surface area (Å²) in [5.41, 5.74) is 7.00. The van der Waals surface area contributed by atoms with Crippen LogP contribution in [0.15, 0.2) is 60.8 Å². The molecule has 2 aromatic carbocycles. The van der Waals surface area contributed by atoms with Gasteiger partial charge in [0.15, 0.2) is 0 Å². The molecule has 1 saturated heterocycles. The maximum Gasteiger partial charge on any atom is 0.244 e. The number of nitrogens with zero attached hydrogens (tertiary/aromatic N) is 3. The van der Waals surface area contributed by atoms with Gasteiger partial charge in [-0.15, -0.1) is 0 Å². The average molecular weight is 535 g/mol. The first-order chi connectivity index (χ1) is 18.4. The standard InChI is InChI=1S/C30H42N6O3/c1-29(2,31)27(38)33-25(23-19-32-24-15-10-9-14-22(23)24)26(37)36-17-11-16-30(20-36,28(39)35(5)34(3)4)18-21-12-7-6-8-13-21/h6-10,12-15,19,25-26,32,37H,11,16-18,20,31H2,1-5H3,(H,33,38)/t25-,26-,30-/m1/s1. The number of piperidine rings is 1. The topological polar surface area (TPSA) is 118 Å². The number of nitrogens with two attached hydrogens (primary N) is 1. The van der Waals surface area contributed by atoms with E-state index < -0.39 is 23.2 Å². The highest BCUT2D eigenvalue weighted by molar-refractivity contribution is 5.88. The minimum absolute atomic E-state index is 0.00373. The van der Waals surface area contributed by atoms with E-state index in [1.807, 2.05) is 79.8 Å². The summed E-state index contributed by atoms with van der Waals surface area (Å²) in [5, 5.41) is 19.3. The maximum atomic E-state index is 14.0. The molecule has 2 heterocycles. The lowest BCUT2D eigenvalue weighted by molar-refractivity contribution is -0.161. The number of aliphatic hydroxyl groups excluding tert-OH is 1. The molecule has 1 aliphatic rings. The molecule has 4 rings (SSSR count). The van der Waals surface area contributed by atoms with Gasteiger partial charge < -0.3 is 21.1 Å². The van der Waals surface area contributed by atoms with Crippen molar-refractivity contribution in [2.45, 2.75) is 50.9 Å². The Morgan fingerprint density at radius 1 is 1.13 bits per heavy atom. The smallest absolute Gasteiger partial charge is 0.244 e. The zero-order valence-electron chi connectivity index (χ0n) is 23.6. The van der Waals surface area contributed by atoms with Crippen molar-refractivity contribution in [3.8, 4) is 0 Å². The van der Waals surface area contributed by atoms with E-state index >= 15 is 0 Å². The lowest BCUT2D eigenvalue weighted by atomic mass is 9.73. The Morgan fingerprint density at radius 3 is 2.46 bits per heavy atom. The van der Waals surface area contributed by atoms with E-state index in [1.165, 1.54) is 0 Å². The van der Waals surface area contributed by atoms with Crippen LogP contribution in [0.25, 0.3) is 10.9 Å². The van der Waals surface area contributed by atoms with Crippen LogP contribution in [-0.2, 0) is 16.0 Å². The highest BCUT2D eigenvalue weighted by atomic mass is 16.3. The second-order valence-corrected chi connectivity index (χ2v) is 11.6. The molecule has 210 valence electrons. The van der Waals surface area contributed by atoms with Gasteiger partial charge in [0, 0.05) is 56.9 Å². The van der Waals surface area contributed by atoms with Crippen LogP contribution in [0.4, 0.5) is 0 Å². The summed E-state index contributed by atoms with van der Waals surface area (Å²) >= 11 is 0. The Balaban J connectivity index is 1.71. The van der Waals surface area contributed by atoms with Crippen molar-refractivity contribution in [2.24, 2.45) is 11.1 Å². The van der Waals surface area contributed by atoms with Gasteiger partial charge in [-0.3, -0.25) is 19.5 Å². The van der Waals surface area contributed by atoms with Gasteiger partial charge in [0.1, 0.15) is 6.23 Å². The van der Waals surface area contributed by atoms with Crippen molar-refractivity contribution in [1.29, 1.82) is 0 Å². The molecule has 0 radical (unpaired) electrons. The average Bonchev–Trinajstić information content (AvgIpc) is 3.34. The van der Waals surface area contributed by atoms with E-state index in [9.17, 15) is 14.7 Å². The fourth-order valence-corrected chi connectivity index (χ4v) is 5.50. The van der Waals surface area contributed by atoms with Crippen LogP contribution in [0, 0.1) is 5.41 Å². The quantitative estimate of drug-likeness (QED) is 0.314. The van der Waals surface area contributed by atoms with Gasteiger partial charge in [-0.2, -0.15) is 0 Å². The maximum absolute atomic E-state index is 14.0. The molecule has 1 aliphatic heterocycles. The van der Waals surface area contributed by atoms with Crippen LogP contribution < -0.4 is 11.1 Å². The van der Waals surface area contributed by atoms with E-state index in [0.717, 1.165) is 28.5 Å². The van der Waals surface area contributed by atoms with Crippen LogP contribution in [0.5, 0.6) is 0 Å². The van der Waals surface area contributed by atoms with Crippen LogP contribution >= 0.6 is 0 Å². The summed E-state index contributed by atoms with van der Waals surface area (Å²) in [6, 6.07) is 17.0. The number of aromatic amines is 1. The number of aliphatic hydroxyl groups is 1. The lowest BCUT2D eigenvalue weighted by Gasteiger charge is -2.47. The van der Waals surface area contributed by atoms with Gasteiger partial charge in [0.25, 0.3) is 0 Å². The summed E-state index contributed by atoms with van der Waals surface area (Å²) in [6.45, 7) is 4.23. The molecule has 2 amide bonds. The number of hydrogen-bond donors (Lipinski definition) is 4. The number of nitrogens with one attached hydrogen (secondary N) is 2. The minimum atomic E-state index is -1.13. The van der Waals surface area contributed by atoms with Crippen LogP contribution in [0.1, 0.15) is 43.9 Å². The number of likely N-dealkylation sites (tertiary alicyclic amines) is 1. The summed E-state index contributed by atoms with van der Waals surface area (Å²) in [6.07, 6.45) is 2.72. The first-order valence-electron chi connectivity index (χ1n) is 13.5. The first-order valence-corrected chi connectivity index (χ1v) is 13.5. The molecular formula is C30H42N6O3. The fraction of sp³-hybridized carbons (Fsp3) is 0.467. The first kappa shape index (κ1) is 28.8. The summed E-state index contributed by atoms with van der Waals surface area (Å²) in [5.74, 6) is -0.364. The number of aromatic nitrogens is 1. The Kier molecular flexibility index (Phi) is 8.46. The SMILES string of the molecule is CN(C)N(C)C(=O)[C@@]1(Cc2ccccc2)CCCN([C@H](O)[C@H](NC(=O)C(C)(C)N)c2c[nH]c3ccccc23)C1. The number of para-hydroxylation sites is 1. The monoisotopic (exact) mass is 534 g/mol. The summed E-state index contributed by atoms with van der Waals surface area (Å²) in [4.78, 5) is 32.3. The zero-order valence-corrected chi connectivity index (χ0v) is 23.6. The minimum Gasteiger partial charge on any atom is -0.376 e. The van der Waals surface area contributed by atoms with Gasteiger partial charge in [-0.05, 0) is 44.7 Å². The molecule has 9 heteroatoms. The van der Waals surface area contributed by atoms with E-state index in [0.29, 0.717) is 25.9 Å². The number of carbonyl (C=O) groups excluding carboxylic acids is 2. The normalized spacial score (nSPS) is 20.1. The molecule has 5 N–H and O–H groups in total. The zero-order chi connectivity index (χ0) is 28.4. The van der Waals surface area contributed by atoms with Crippen LogP contribution in [-0.4, -0.2) is 82.8 Å². The van der Waals surface area contributed by atoms with E-state index in [1.54, 1.807) is 30.9 Å². The van der Waals surface area contributed by atoms with Gasteiger partial charge >= 0.3 is 0 Å². The number of hydrazine groups is 1. The van der Waals surface area contributed by atoms with Crippen molar-refractivity contribution in [3.63, 3.8) is 0 Å². The summed E-state index contributed by atoms with van der Waals surface area (Å²) in [7, 11) is 5.48. The van der Waals surface area contributed by atoms with Gasteiger partial charge in [0.05, 0.1) is 17.0 Å². The molecule has 0 unspecified atom stereocenters.